The molecule has 2 atom stereocenters. The fourth-order valence-corrected chi connectivity index (χ4v) is 3.58. The second-order valence-corrected chi connectivity index (χ2v) is 6.53. The van der Waals surface area contributed by atoms with E-state index >= 15 is 0 Å². The van der Waals surface area contributed by atoms with E-state index in [9.17, 15) is 0 Å². The fourth-order valence-electron chi connectivity index (χ4n) is 3.58. The van der Waals surface area contributed by atoms with Gasteiger partial charge in [0.15, 0.2) is 5.82 Å². The van der Waals surface area contributed by atoms with Gasteiger partial charge < -0.3 is 0 Å². The van der Waals surface area contributed by atoms with Crippen LogP contribution in [0.15, 0.2) is 11.6 Å². The van der Waals surface area contributed by atoms with E-state index in [2.05, 4.69) is 47.1 Å². The van der Waals surface area contributed by atoms with Gasteiger partial charge in [-0.05, 0) is 48.4 Å². The van der Waals surface area contributed by atoms with Crippen molar-refractivity contribution in [2.24, 2.45) is 11.3 Å². The van der Waals surface area contributed by atoms with Crippen molar-refractivity contribution in [2.75, 3.05) is 0 Å². The van der Waals surface area contributed by atoms with Crippen LogP contribution < -0.4 is 0 Å². The molecule has 0 fully saturated rings. The molecule has 1 aliphatic heterocycles. The summed E-state index contributed by atoms with van der Waals surface area (Å²) in [5, 5.41) is 12.3. The highest BCUT2D eigenvalue weighted by atomic mass is 15.5. The molecule has 4 heteroatoms. The number of hydrogen-bond acceptors (Lipinski definition) is 3. The summed E-state index contributed by atoms with van der Waals surface area (Å²) in [6, 6.07) is 0.453. The van der Waals surface area contributed by atoms with Gasteiger partial charge in [0.25, 0.3) is 0 Å². The molecule has 1 aliphatic carbocycles. The molecule has 2 aliphatic rings. The number of fused-ring (bicyclic) bond motifs is 3. The predicted octanol–water partition coefficient (Wildman–Crippen LogP) is 2.93. The third-order valence-electron chi connectivity index (χ3n) is 4.71. The first-order valence-electron chi connectivity index (χ1n) is 7.02. The summed E-state index contributed by atoms with van der Waals surface area (Å²) in [4.78, 5) is 0. The Bertz CT molecular complexity index is 472. The second-order valence-electron chi connectivity index (χ2n) is 6.53. The van der Waals surface area contributed by atoms with Gasteiger partial charge in [-0.3, -0.25) is 0 Å². The highest BCUT2D eigenvalue weighted by Gasteiger charge is 2.39. The Morgan fingerprint density at radius 3 is 3.00 bits per heavy atom. The van der Waals surface area contributed by atoms with E-state index in [0.29, 0.717) is 17.4 Å². The molecule has 0 spiro atoms. The van der Waals surface area contributed by atoms with Crippen molar-refractivity contribution < 1.29 is 0 Å². The molecular weight excluding hydrogens is 224 g/mol. The van der Waals surface area contributed by atoms with Crippen LogP contribution in [-0.4, -0.2) is 20.2 Å². The first kappa shape index (κ1) is 11.9. The van der Waals surface area contributed by atoms with Crippen LogP contribution in [0.3, 0.4) is 0 Å². The quantitative estimate of drug-likeness (QED) is 0.661. The topological polar surface area (TPSA) is 43.6 Å². The molecule has 4 nitrogen and oxygen atoms in total. The zero-order valence-electron chi connectivity index (χ0n) is 11.6. The van der Waals surface area contributed by atoms with Gasteiger partial charge in [-0.2, -0.15) is 0 Å². The number of nitrogens with zero attached hydrogens (tertiary/aromatic N) is 4. The average molecular weight is 246 g/mol. The van der Waals surface area contributed by atoms with Crippen LogP contribution in [0.25, 0.3) is 0 Å². The number of tetrazole rings is 1. The van der Waals surface area contributed by atoms with Gasteiger partial charge in [-0.15, -0.1) is 5.10 Å². The Labute approximate surface area is 108 Å². The van der Waals surface area contributed by atoms with Crippen molar-refractivity contribution in [2.45, 2.75) is 58.9 Å². The summed E-state index contributed by atoms with van der Waals surface area (Å²) in [5.74, 6) is 1.64. The van der Waals surface area contributed by atoms with E-state index in [0.717, 1.165) is 12.2 Å². The van der Waals surface area contributed by atoms with E-state index in [1.165, 1.54) is 31.3 Å². The lowest BCUT2D eigenvalue weighted by Crippen LogP contribution is -2.36. The first-order valence-corrected chi connectivity index (χ1v) is 7.02. The van der Waals surface area contributed by atoms with Gasteiger partial charge in [0.05, 0.1) is 6.04 Å². The molecule has 0 amide bonds. The maximum Gasteiger partial charge on any atom is 0.151 e. The van der Waals surface area contributed by atoms with Crippen molar-refractivity contribution in [3.05, 3.63) is 17.5 Å². The van der Waals surface area contributed by atoms with E-state index in [-0.39, 0.29) is 0 Å². The minimum Gasteiger partial charge on any atom is -0.226 e. The number of rotatable bonds is 0. The second kappa shape index (κ2) is 4.18. The summed E-state index contributed by atoms with van der Waals surface area (Å²) in [6.07, 6.45) is 8.28. The molecule has 0 aromatic carbocycles. The van der Waals surface area contributed by atoms with Crippen LogP contribution in [0.2, 0.25) is 0 Å². The third kappa shape index (κ3) is 1.88. The lowest BCUT2D eigenvalue weighted by atomic mass is 9.67. The van der Waals surface area contributed by atoms with Crippen LogP contribution in [0.1, 0.15) is 58.3 Å². The van der Waals surface area contributed by atoms with Crippen molar-refractivity contribution in [1.82, 2.24) is 20.2 Å². The summed E-state index contributed by atoms with van der Waals surface area (Å²) in [5.41, 5.74) is 1.87. The first-order chi connectivity index (χ1) is 8.58. The zero-order chi connectivity index (χ0) is 12.8. The number of allylic oxidation sites excluding steroid dienone is 2. The molecule has 0 unspecified atom stereocenters. The highest BCUT2D eigenvalue weighted by molar-refractivity contribution is 5.13. The molecule has 0 N–H and O–H groups in total. The van der Waals surface area contributed by atoms with E-state index in [4.69, 9.17) is 0 Å². The zero-order valence-corrected chi connectivity index (χ0v) is 11.6. The van der Waals surface area contributed by atoms with Gasteiger partial charge in [-0.25, -0.2) is 4.68 Å². The van der Waals surface area contributed by atoms with Gasteiger partial charge >= 0.3 is 0 Å². The molecule has 3 rings (SSSR count). The minimum absolute atomic E-state index is 0.343. The lowest BCUT2D eigenvalue weighted by molar-refractivity contribution is 0.133. The van der Waals surface area contributed by atoms with Crippen LogP contribution in [0.5, 0.6) is 0 Å². The Balaban J connectivity index is 2.06. The minimum atomic E-state index is 0.343. The lowest BCUT2D eigenvalue weighted by Gasteiger charge is -2.42. The SMILES string of the molecule is CC1=C[C@H]2[C@H](CC1)n1nnnc1CCCC2(C)C. The molecule has 18 heavy (non-hydrogen) atoms. The van der Waals surface area contributed by atoms with Crippen molar-refractivity contribution in [3.8, 4) is 0 Å². The molecule has 0 saturated heterocycles. The van der Waals surface area contributed by atoms with Crippen molar-refractivity contribution >= 4 is 0 Å². The smallest absolute Gasteiger partial charge is 0.151 e. The molecule has 1 aromatic rings. The Morgan fingerprint density at radius 2 is 2.17 bits per heavy atom. The van der Waals surface area contributed by atoms with Gasteiger partial charge in [0.1, 0.15) is 0 Å². The molecule has 0 radical (unpaired) electrons. The van der Waals surface area contributed by atoms with E-state index < -0.39 is 0 Å². The van der Waals surface area contributed by atoms with Crippen LogP contribution in [-0.2, 0) is 6.42 Å². The largest absolute Gasteiger partial charge is 0.226 e. The van der Waals surface area contributed by atoms with Gasteiger partial charge in [0, 0.05) is 12.3 Å². The van der Waals surface area contributed by atoms with Crippen LogP contribution in [0, 0.1) is 11.3 Å². The number of aromatic nitrogens is 4. The predicted molar refractivity (Wildman–Crippen MR) is 70.1 cm³/mol. The monoisotopic (exact) mass is 246 g/mol. The number of hydrogen-bond donors (Lipinski definition) is 0. The Kier molecular flexibility index (Phi) is 2.76. The summed E-state index contributed by atoms with van der Waals surface area (Å²) in [7, 11) is 0. The maximum atomic E-state index is 4.26. The number of aryl methyl sites for hydroxylation is 1. The van der Waals surface area contributed by atoms with Gasteiger partial charge in [0.2, 0.25) is 0 Å². The third-order valence-corrected chi connectivity index (χ3v) is 4.71. The average Bonchev–Trinajstić information content (AvgIpc) is 2.75. The van der Waals surface area contributed by atoms with Gasteiger partial charge in [-0.1, -0.05) is 25.5 Å². The summed E-state index contributed by atoms with van der Waals surface area (Å²) in [6.45, 7) is 7.05. The summed E-state index contributed by atoms with van der Waals surface area (Å²) >= 11 is 0. The van der Waals surface area contributed by atoms with Crippen LogP contribution in [0.4, 0.5) is 0 Å². The normalized spacial score (nSPS) is 30.7. The standard InChI is InChI=1S/C14H22N4/c1-10-6-7-12-11(9-10)14(2,3)8-4-5-13-15-16-17-18(12)13/h9,11-12H,4-8H2,1-3H3/t11-,12-/m0/s1. The fraction of sp³-hybridized carbons (Fsp3) is 0.786. The molecular formula is C14H22N4. The Morgan fingerprint density at radius 1 is 1.33 bits per heavy atom. The van der Waals surface area contributed by atoms with E-state index in [1.807, 2.05) is 0 Å². The van der Waals surface area contributed by atoms with Crippen LogP contribution >= 0.6 is 0 Å². The molecule has 98 valence electrons. The van der Waals surface area contributed by atoms with Crippen molar-refractivity contribution in [1.29, 1.82) is 0 Å². The van der Waals surface area contributed by atoms with Crippen molar-refractivity contribution in [3.63, 3.8) is 0 Å². The maximum absolute atomic E-state index is 4.26. The Hall–Kier alpha value is -1.19. The molecule has 0 bridgehead atoms. The molecule has 0 saturated carbocycles. The highest BCUT2D eigenvalue weighted by Crippen LogP contribution is 2.46. The molecule has 2 heterocycles. The summed E-state index contributed by atoms with van der Waals surface area (Å²) < 4.78 is 2.11. The molecule has 1 aromatic heterocycles. The van der Waals surface area contributed by atoms with E-state index in [1.54, 1.807) is 0 Å².